The number of nitrogens with zero attached hydrogens (tertiary/aromatic N) is 2. The Balaban J connectivity index is 2.88. The van der Waals surface area contributed by atoms with Crippen LogP contribution in [0.15, 0.2) is 18.3 Å². The van der Waals surface area contributed by atoms with E-state index in [0.717, 1.165) is 6.20 Å². The van der Waals surface area contributed by atoms with Crippen molar-refractivity contribution in [2.45, 2.75) is 19.3 Å². The Morgan fingerprint density at radius 1 is 0.842 bits per heavy atom. The number of aryl methyl sites for hydroxylation is 1. The van der Waals surface area contributed by atoms with Gasteiger partial charge in [0.2, 0.25) is 0 Å². The quantitative estimate of drug-likeness (QED) is 0.682. The molecule has 8 heteroatoms. The van der Waals surface area contributed by atoms with Gasteiger partial charge in [-0.25, -0.2) is 4.98 Å². The Kier molecular flexibility index (Phi) is 2.91. The summed E-state index contributed by atoms with van der Waals surface area (Å²) in [7, 11) is 0. The Bertz CT molecular complexity index is 629. The first-order valence-corrected chi connectivity index (χ1v) is 5.01. The van der Waals surface area contributed by atoms with Crippen LogP contribution in [0.4, 0.5) is 26.3 Å². The van der Waals surface area contributed by atoms with Crippen LogP contribution in [-0.4, -0.2) is 9.97 Å². The summed E-state index contributed by atoms with van der Waals surface area (Å²) in [5, 5.41) is 0. The largest absolute Gasteiger partial charge is 0.418 e. The lowest BCUT2D eigenvalue weighted by molar-refractivity contribution is -0.139. The summed E-state index contributed by atoms with van der Waals surface area (Å²) < 4.78 is 76.3. The van der Waals surface area contributed by atoms with Crippen molar-refractivity contribution in [1.82, 2.24) is 9.97 Å². The average Bonchev–Trinajstić information content (AvgIpc) is 2.24. The van der Waals surface area contributed by atoms with Crippen molar-refractivity contribution in [2.24, 2.45) is 0 Å². The molecule has 0 amide bonds. The lowest BCUT2D eigenvalue weighted by Crippen LogP contribution is -2.12. The van der Waals surface area contributed by atoms with Gasteiger partial charge in [0.15, 0.2) is 0 Å². The molecule has 0 saturated carbocycles. The number of hydrogen-bond donors (Lipinski definition) is 0. The van der Waals surface area contributed by atoms with Crippen LogP contribution in [0.1, 0.15) is 16.8 Å². The molecule has 0 radical (unpaired) electrons. The van der Waals surface area contributed by atoms with Gasteiger partial charge in [0.05, 0.1) is 16.8 Å². The summed E-state index contributed by atoms with van der Waals surface area (Å²) in [5.74, 6) is 0. The molecule has 0 saturated heterocycles. The molecule has 0 aliphatic carbocycles. The highest BCUT2D eigenvalue weighted by Crippen LogP contribution is 2.39. The molecule has 0 unspecified atom stereocenters. The van der Waals surface area contributed by atoms with Gasteiger partial charge in [-0.3, -0.25) is 4.98 Å². The van der Waals surface area contributed by atoms with Crippen LogP contribution in [0.3, 0.4) is 0 Å². The summed E-state index contributed by atoms with van der Waals surface area (Å²) in [6.07, 6.45) is -8.57. The van der Waals surface area contributed by atoms with Crippen LogP contribution in [0.5, 0.6) is 0 Å². The first-order valence-electron chi connectivity index (χ1n) is 5.01. The van der Waals surface area contributed by atoms with Crippen molar-refractivity contribution in [2.75, 3.05) is 0 Å². The van der Waals surface area contributed by atoms with Crippen LogP contribution in [0, 0.1) is 6.92 Å². The van der Waals surface area contributed by atoms with Gasteiger partial charge in [-0.15, -0.1) is 0 Å². The number of rotatable bonds is 0. The summed E-state index contributed by atoms with van der Waals surface area (Å²) in [6, 6.07) is 0.744. The first-order chi connectivity index (χ1) is 8.60. The third kappa shape index (κ3) is 2.47. The summed E-state index contributed by atoms with van der Waals surface area (Å²) >= 11 is 0. The van der Waals surface area contributed by atoms with Gasteiger partial charge in [0.25, 0.3) is 0 Å². The molecule has 0 aliphatic heterocycles. The molecule has 0 atom stereocenters. The van der Waals surface area contributed by atoms with Gasteiger partial charge in [0, 0.05) is 6.20 Å². The molecule has 1 heterocycles. The second kappa shape index (κ2) is 4.07. The number of aromatic nitrogens is 2. The lowest BCUT2D eigenvalue weighted by atomic mass is 10.1. The molecule has 0 spiro atoms. The van der Waals surface area contributed by atoms with Gasteiger partial charge in [-0.05, 0) is 19.1 Å². The van der Waals surface area contributed by atoms with Gasteiger partial charge in [0.1, 0.15) is 11.0 Å². The van der Waals surface area contributed by atoms with Crippen molar-refractivity contribution >= 4 is 11.0 Å². The number of halogens is 6. The van der Waals surface area contributed by atoms with Gasteiger partial charge < -0.3 is 0 Å². The Morgan fingerprint density at radius 2 is 1.32 bits per heavy atom. The second-order valence-electron chi connectivity index (χ2n) is 3.86. The number of alkyl halides is 6. The van der Waals surface area contributed by atoms with Crippen molar-refractivity contribution in [3.05, 3.63) is 35.2 Å². The molecule has 2 aromatic rings. The van der Waals surface area contributed by atoms with Gasteiger partial charge >= 0.3 is 12.4 Å². The standard InChI is InChI=1S/C11H6F6N2/c1-5-4-18-8-6(10(12,13)14)2-3-7(9(8)19-5)11(15,16)17/h2-4H,1H3. The Morgan fingerprint density at radius 3 is 1.79 bits per heavy atom. The zero-order valence-electron chi connectivity index (χ0n) is 9.39. The van der Waals surface area contributed by atoms with Crippen molar-refractivity contribution < 1.29 is 26.3 Å². The first kappa shape index (κ1) is 13.6. The van der Waals surface area contributed by atoms with Crippen molar-refractivity contribution in [3.8, 4) is 0 Å². The minimum atomic E-state index is -4.79. The number of benzene rings is 1. The molecule has 1 aromatic heterocycles. The van der Waals surface area contributed by atoms with E-state index in [-0.39, 0.29) is 5.69 Å². The average molecular weight is 280 g/mol. The molecule has 2 rings (SSSR count). The third-order valence-corrected chi connectivity index (χ3v) is 2.43. The molecule has 102 valence electrons. The fourth-order valence-electron chi connectivity index (χ4n) is 1.64. The zero-order valence-corrected chi connectivity index (χ0v) is 9.39. The van der Waals surface area contributed by atoms with Crippen molar-refractivity contribution in [1.29, 1.82) is 0 Å². The molecule has 0 fully saturated rings. The van der Waals surface area contributed by atoms with Crippen LogP contribution in [0.2, 0.25) is 0 Å². The maximum atomic E-state index is 12.7. The molecule has 19 heavy (non-hydrogen) atoms. The highest BCUT2D eigenvalue weighted by atomic mass is 19.4. The fraction of sp³-hybridized carbons (Fsp3) is 0.273. The van der Waals surface area contributed by atoms with Crippen molar-refractivity contribution in [3.63, 3.8) is 0 Å². The number of hydrogen-bond acceptors (Lipinski definition) is 2. The highest BCUT2D eigenvalue weighted by Gasteiger charge is 2.39. The Labute approximate surface area is 103 Å². The van der Waals surface area contributed by atoms with E-state index in [2.05, 4.69) is 9.97 Å². The molecular weight excluding hydrogens is 274 g/mol. The van der Waals surface area contributed by atoms with E-state index < -0.39 is 34.5 Å². The maximum Gasteiger partial charge on any atom is 0.418 e. The van der Waals surface area contributed by atoms with Crippen LogP contribution in [0.25, 0.3) is 11.0 Å². The van der Waals surface area contributed by atoms with E-state index in [1.54, 1.807) is 0 Å². The van der Waals surface area contributed by atoms with E-state index >= 15 is 0 Å². The predicted molar refractivity (Wildman–Crippen MR) is 54.3 cm³/mol. The molecule has 2 nitrogen and oxygen atoms in total. The highest BCUT2D eigenvalue weighted by molar-refractivity contribution is 5.82. The lowest BCUT2D eigenvalue weighted by Gasteiger charge is -2.14. The van der Waals surface area contributed by atoms with Gasteiger partial charge in [-0.1, -0.05) is 0 Å². The molecule has 0 bridgehead atoms. The molecule has 0 aliphatic rings. The van der Waals surface area contributed by atoms with E-state index in [1.807, 2.05) is 0 Å². The van der Waals surface area contributed by atoms with Crippen LogP contribution < -0.4 is 0 Å². The minimum absolute atomic E-state index is 0.109. The number of fused-ring (bicyclic) bond motifs is 1. The smallest absolute Gasteiger partial charge is 0.252 e. The van der Waals surface area contributed by atoms with Gasteiger partial charge in [-0.2, -0.15) is 26.3 Å². The maximum absolute atomic E-state index is 12.7. The monoisotopic (exact) mass is 280 g/mol. The van der Waals surface area contributed by atoms with Crippen LogP contribution in [-0.2, 0) is 12.4 Å². The summed E-state index contributed by atoms with van der Waals surface area (Å²) in [6.45, 7) is 1.35. The molecule has 0 N–H and O–H groups in total. The molecule has 1 aromatic carbocycles. The Hall–Kier alpha value is -1.86. The van der Waals surface area contributed by atoms with E-state index in [0.29, 0.717) is 12.1 Å². The minimum Gasteiger partial charge on any atom is -0.252 e. The van der Waals surface area contributed by atoms with E-state index in [9.17, 15) is 26.3 Å². The second-order valence-corrected chi connectivity index (χ2v) is 3.86. The van der Waals surface area contributed by atoms with Crippen LogP contribution >= 0.6 is 0 Å². The molecular formula is C11H6F6N2. The van der Waals surface area contributed by atoms with E-state index in [1.165, 1.54) is 6.92 Å². The summed E-state index contributed by atoms with van der Waals surface area (Å²) in [4.78, 5) is 6.97. The third-order valence-electron chi connectivity index (χ3n) is 2.43. The summed E-state index contributed by atoms with van der Waals surface area (Å²) in [5.41, 5.74) is -3.94. The normalized spacial score (nSPS) is 13.0. The van der Waals surface area contributed by atoms with E-state index in [4.69, 9.17) is 0 Å². The predicted octanol–water partition coefficient (Wildman–Crippen LogP) is 3.98. The fourth-order valence-corrected chi connectivity index (χ4v) is 1.64. The SMILES string of the molecule is Cc1cnc2c(C(F)(F)F)ccc(C(F)(F)F)c2n1. The zero-order chi connectivity index (χ0) is 14.4. The topological polar surface area (TPSA) is 25.8 Å².